The molecule has 18 heavy (non-hydrogen) atoms. The van der Waals surface area contributed by atoms with Crippen molar-refractivity contribution in [3.63, 3.8) is 0 Å². The van der Waals surface area contributed by atoms with Crippen molar-refractivity contribution in [2.45, 2.75) is 39.0 Å². The second-order valence-electron chi connectivity index (χ2n) is 4.27. The van der Waals surface area contributed by atoms with E-state index in [-0.39, 0.29) is 5.91 Å². The van der Waals surface area contributed by atoms with E-state index in [1.165, 1.54) is 12.8 Å². The summed E-state index contributed by atoms with van der Waals surface area (Å²) in [6, 6.07) is 7.34. The fourth-order valence-corrected chi connectivity index (χ4v) is 1.91. The molecular formula is C14H20N2OS. The number of hydrogen-bond acceptors (Lipinski definition) is 2. The molecule has 0 atom stereocenters. The van der Waals surface area contributed by atoms with Gasteiger partial charge in [-0.1, -0.05) is 50.5 Å². The molecule has 1 amide bonds. The summed E-state index contributed by atoms with van der Waals surface area (Å²) < 4.78 is 0. The van der Waals surface area contributed by atoms with Gasteiger partial charge < -0.3 is 11.1 Å². The van der Waals surface area contributed by atoms with Crippen LogP contribution >= 0.6 is 12.2 Å². The Balaban J connectivity index is 2.51. The highest BCUT2D eigenvalue weighted by Gasteiger charge is 2.07. The average molecular weight is 264 g/mol. The summed E-state index contributed by atoms with van der Waals surface area (Å²) in [6.45, 7) is 2.15. The van der Waals surface area contributed by atoms with Gasteiger partial charge in [-0.2, -0.15) is 0 Å². The zero-order valence-electron chi connectivity index (χ0n) is 10.7. The van der Waals surface area contributed by atoms with E-state index in [0.29, 0.717) is 17.1 Å². The number of nitrogens with two attached hydrogens (primary N) is 1. The monoisotopic (exact) mass is 264 g/mol. The zero-order valence-corrected chi connectivity index (χ0v) is 11.6. The first-order valence-corrected chi connectivity index (χ1v) is 6.74. The summed E-state index contributed by atoms with van der Waals surface area (Å²) in [6.07, 6.45) is 4.92. The van der Waals surface area contributed by atoms with Crippen LogP contribution in [0, 0.1) is 0 Å². The standard InChI is InChI=1S/C14H20N2OS/c1-2-3-4-5-10-13(17)16-12-9-7-6-8-11(12)14(15)18/h6-9H,2-5,10H2,1H3,(H2,15,18)(H,16,17). The van der Waals surface area contributed by atoms with Crippen LogP contribution in [0.4, 0.5) is 5.69 Å². The molecule has 0 spiro atoms. The molecule has 1 aromatic rings. The van der Waals surface area contributed by atoms with E-state index in [4.69, 9.17) is 18.0 Å². The maximum atomic E-state index is 11.8. The molecule has 1 rings (SSSR count). The summed E-state index contributed by atoms with van der Waals surface area (Å²) in [7, 11) is 0. The molecule has 0 radical (unpaired) electrons. The van der Waals surface area contributed by atoms with Crippen LogP contribution < -0.4 is 11.1 Å². The van der Waals surface area contributed by atoms with Gasteiger partial charge >= 0.3 is 0 Å². The van der Waals surface area contributed by atoms with E-state index in [9.17, 15) is 4.79 Å². The molecule has 0 saturated carbocycles. The highest BCUT2D eigenvalue weighted by atomic mass is 32.1. The molecule has 0 aromatic heterocycles. The van der Waals surface area contributed by atoms with Crippen LogP contribution in [0.15, 0.2) is 24.3 Å². The molecule has 3 nitrogen and oxygen atoms in total. The highest BCUT2D eigenvalue weighted by molar-refractivity contribution is 7.80. The lowest BCUT2D eigenvalue weighted by Gasteiger charge is -2.09. The lowest BCUT2D eigenvalue weighted by atomic mass is 10.1. The molecule has 0 bridgehead atoms. The van der Waals surface area contributed by atoms with Gasteiger partial charge in [0.05, 0.1) is 5.69 Å². The fourth-order valence-electron chi connectivity index (χ4n) is 1.73. The minimum Gasteiger partial charge on any atom is -0.389 e. The SMILES string of the molecule is CCCCCCC(=O)Nc1ccccc1C(N)=S. The molecule has 98 valence electrons. The number of amides is 1. The van der Waals surface area contributed by atoms with Gasteiger partial charge in [-0.25, -0.2) is 0 Å². The lowest BCUT2D eigenvalue weighted by molar-refractivity contribution is -0.116. The largest absolute Gasteiger partial charge is 0.389 e. The van der Waals surface area contributed by atoms with E-state index >= 15 is 0 Å². The Morgan fingerprint density at radius 3 is 2.67 bits per heavy atom. The summed E-state index contributed by atoms with van der Waals surface area (Å²) >= 11 is 4.95. The zero-order chi connectivity index (χ0) is 13.4. The molecule has 0 heterocycles. The fraction of sp³-hybridized carbons (Fsp3) is 0.429. The smallest absolute Gasteiger partial charge is 0.224 e. The molecule has 3 N–H and O–H groups in total. The Kier molecular flexibility index (Phi) is 6.36. The van der Waals surface area contributed by atoms with Crippen molar-refractivity contribution >= 4 is 28.8 Å². The molecule has 0 saturated heterocycles. The summed E-state index contributed by atoms with van der Waals surface area (Å²) in [4.78, 5) is 12.1. The van der Waals surface area contributed by atoms with Gasteiger partial charge in [0.2, 0.25) is 5.91 Å². The van der Waals surface area contributed by atoms with Crippen LogP contribution in [0.1, 0.15) is 44.6 Å². The van der Waals surface area contributed by atoms with Crippen molar-refractivity contribution in [3.05, 3.63) is 29.8 Å². The summed E-state index contributed by atoms with van der Waals surface area (Å²) in [5.41, 5.74) is 7.03. The minimum absolute atomic E-state index is 0.0230. The molecule has 0 aliphatic rings. The van der Waals surface area contributed by atoms with Crippen molar-refractivity contribution in [2.75, 3.05) is 5.32 Å². The molecule has 0 unspecified atom stereocenters. The number of anilines is 1. The van der Waals surface area contributed by atoms with Crippen LogP contribution in [0.2, 0.25) is 0 Å². The van der Waals surface area contributed by atoms with Crippen LogP contribution in [0.5, 0.6) is 0 Å². The van der Waals surface area contributed by atoms with Gasteiger partial charge in [-0.15, -0.1) is 0 Å². The van der Waals surface area contributed by atoms with Crippen molar-refractivity contribution < 1.29 is 4.79 Å². The van der Waals surface area contributed by atoms with Crippen molar-refractivity contribution in [1.82, 2.24) is 0 Å². The third-order valence-electron chi connectivity index (χ3n) is 2.72. The molecular weight excluding hydrogens is 244 g/mol. The van der Waals surface area contributed by atoms with E-state index in [2.05, 4.69) is 12.2 Å². The highest BCUT2D eigenvalue weighted by Crippen LogP contribution is 2.15. The van der Waals surface area contributed by atoms with E-state index in [1.807, 2.05) is 24.3 Å². The van der Waals surface area contributed by atoms with Gasteiger partial charge in [-0.3, -0.25) is 4.79 Å². The van der Waals surface area contributed by atoms with E-state index < -0.39 is 0 Å². The number of para-hydroxylation sites is 1. The van der Waals surface area contributed by atoms with Crippen molar-refractivity contribution in [2.24, 2.45) is 5.73 Å². The number of carbonyl (C=O) groups excluding carboxylic acids is 1. The third kappa shape index (κ3) is 4.84. The number of benzene rings is 1. The van der Waals surface area contributed by atoms with Crippen molar-refractivity contribution in [1.29, 1.82) is 0 Å². The summed E-state index contributed by atoms with van der Waals surface area (Å²) in [5.74, 6) is 0.0230. The Hall–Kier alpha value is -1.42. The van der Waals surface area contributed by atoms with E-state index in [0.717, 1.165) is 18.4 Å². The number of hydrogen-bond donors (Lipinski definition) is 2. The number of rotatable bonds is 7. The van der Waals surface area contributed by atoms with Gasteiger partial charge in [0.25, 0.3) is 0 Å². The first-order valence-electron chi connectivity index (χ1n) is 6.33. The number of unbranched alkanes of at least 4 members (excludes halogenated alkanes) is 3. The lowest BCUT2D eigenvalue weighted by Crippen LogP contribution is -2.17. The Morgan fingerprint density at radius 2 is 2.00 bits per heavy atom. The van der Waals surface area contributed by atoms with Gasteiger partial charge in [0.1, 0.15) is 4.99 Å². The molecule has 0 aliphatic carbocycles. The van der Waals surface area contributed by atoms with Gasteiger partial charge in [0.15, 0.2) is 0 Å². The molecule has 4 heteroatoms. The first kappa shape index (κ1) is 14.6. The van der Waals surface area contributed by atoms with Gasteiger partial charge in [0, 0.05) is 12.0 Å². The third-order valence-corrected chi connectivity index (χ3v) is 2.94. The maximum Gasteiger partial charge on any atom is 0.224 e. The normalized spacial score (nSPS) is 10.1. The van der Waals surface area contributed by atoms with Crippen LogP contribution in [-0.2, 0) is 4.79 Å². The minimum atomic E-state index is 0.0230. The van der Waals surface area contributed by atoms with E-state index in [1.54, 1.807) is 0 Å². The predicted molar refractivity (Wildman–Crippen MR) is 79.7 cm³/mol. The van der Waals surface area contributed by atoms with Crippen molar-refractivity contribution in [3.8, 4) is 0 Å². The molecule has 1 aromatic carbocycles. The molecule has 0 fully saturated rings. The van der Waals surface area contributed by atoms with Crippen LogP contribution in [-0.4, -0.2) is 10.9 Å². The average Bonchev–Trinajstić information content (AvgIpc) is 2.35. The second kappa shape index (κ2) is 7.82. The Labute approximate surface area is 114 Å². The van der Waals surface area contributed by atoms with Gasteiger partial charge in [-0.05, 0) is 18.6 Å². The quantitative estimate of drug-likeness (QED) is 0.587. The first-order chi connectivity index (χ1) is 8.65. The topological polar surface area (TPSA) is 55.1 Å². The molecule has 0 aliphatic heterocycles. The van der Waals surface area contributed by atoms with Crippen LogP contribution in [0.25, 0.3) is 0 Å². The second-order valence-corrected chi connectivity index (χ2v) is 4.71. The predicted octanol–water partition coefficient (Wildman–Crippen LogP) is 3.23. The maximum absolute atomic E-state index is 11.8. The van der Waals surface area contributed by atoms with Crippen LogP contribution in [0.3, 0.4) is 0 Å². The number of carbonyl (C=O) groups is 1. The Bertz CT molecular complexity index is 418. The summed E-state index contributed by atoms with van der Waals surface area (Å²) in [5, 5.41) is 2.86. The number of thiocarbonyl (C=S) groups is 1. The Morgan fingerprint density at radius 1 is 1.28 bits per heavy atom. The number of nitrogens with one attached hydrogen (secondary N) is 1.